The Hall–Kier alpha value is -3.99. The molecule has 1 amide bonds. The molecule has 3 aromatic rings. The van der Waals surface area contributed by atoms with E-state index in [1.54, 1.807) is 0 Å². The molecule has 0 bridgehead atoms. The highest BCUT2D eigenvalue weighted by Gasteiger charge is 2.71. The predicted octanol–water partition coefficient (Wildman–Crippen LogP) is 6.60. The lowest BCUT2D eigenvalue weighted by Gasteiger charge is -2.38. The number of Topliss-reactive ketones (excluding diaryl/α,β-unsaturated/α-hetero) is 2. The molecule has 3 aliphatic rings. The maximum Gasteiger partial charge on any atom is 0.238 e. The van der Waals surface area contributed by atoms with Crippen molar-refractivity contribution in [2.75, 3.05) is 5.32 Å². The monoisotopic (exact) mass is 532 g/mol. The van der Waals surface area contributed by atoms with Gasteiger partial charge in [0.1, 0.15) is 5.41 Å². The molecule has 6 rings (SSSR count). The number of fused-ring (bicyclic) bond motifs is 6. The van der Waals surface area contributed by atoms with Gasteiger partial charge >= 0.3 is 0 Å². The molecule has 4 unspecified atom stereocenters. The Kier molecular flexibility index (Phi) is 6.10. The van der Waals surface area contributed by atoms with E-state index in [0.717, 1.165) is 28.7 Å². The first-order valence-electron chi connectivity index (χ1n) is 14.2. The van der Waals surface area contributed by atoms with E-state index in [2.05, 4.69) is 19.2 Å². The average Bonchev–Trinajstić information content (AvgIpc) is 3.40. The Morgan fingerprint density at radius 2 is 1.62 bits per heavy atom. The molecule has 3 heterocycles. The molecule has 3 aromatic carbocycles. The van der Waals surface area contributed by atoms with Crippen molar-refractivity contribution in [2.24, 2.45) is 17.3 Å². The van der Waals surface area contributed by atoms with E-state index >= 15 is 0 Å². The van der Waals surface area contributed by atoms with Crippen LogP contribution in [0, 0.1) is 17.3 Å². The SMILES string of the molecule is CC(C)Cc1ccc(C(=O)C2C(C(=O)C(C)(C)C)N3C=Cc4ccccc4C3C23C(=O)Nc2ccccc23)cc1. The van der Waals surface area contributed by atoms with Crippen molar-refractivity contribution >= 4 is 29.2 Å². The number of hydrogen-bond donors (Lipinski definition) is 1. The first-order chi connectivity index (χ1) is 19.0. The van der Waals surface area contributed by atoms with Crippen molar-refractivity contribution in [3.8, 4) is 0 Å². The summed E-state index contributed by atoms with van der Waals surface area (Å²) in [6, 6.07) is 22.0. The first kappa shape index (κ1) is 26.2. The van der Waals surface area contributed by atoms with Crippen molar-refractivity contribution in [3.63, 3.8) is 0 Å². The third-order valence-electron chi connectivity index (χ3n) is 8.74. The van der Waals surface area contributed by atoms with Crippen LogP contribution in [0.25, 0.3) is 6.08 Å². The van der Waals surface area contributed by atoms with Crippen LogP contribution in [0.4, 0.5) is 5.69 Å². The highest BCUT2D eigenvalue weighted by molar-refractivity contribution is 6.15. The fourth-order valence-corrected chi connectivity index (χ4v) is 7.07. The topological polar surface area (TPSA) is 66.5 Å². The summed E-state index contributed by atoms with van der Waals surface area (Å²) in [5.41, 5.74) is 3.11. The van der Waals surface area contributed by atoms with Gasteiger partial charge in [-0.25, -0.2) is 0 Å². The van der Waals surface area contributed by atoms with E-state index in [0.29, 0.717) is 17.2 Å². The zero-order valence-corrected chi connectivity index (χ0v) is 23.8. The third kappa shape index (κ3) is 3.78. The number of nitrogens with zero attached hydrogens (tertiary/aromatic N) is 1. The minimum atomic E-state index is -1.28. The average molecular weight is 533 g/mol. The highest BCUT2D eigenvalue weighted by Crippen LogP contribution is 2.62. The van der Waals surface area contributed by atoms with Gasteiger partial charge in [-0.15, -0.1) is 0 Å². The quantitative estimate of drug-likeness (QED) is 0.376. The molecule has 0 saturated carbocycles. The van der Waals surface area contributed by atoms with Gasteiger partial charge in [0.15, 0.2) is 11.6 Å². The smallest absolute Gasteiger partial charge is 0.238 e. The van der Waals surface area contributed by atoms with Crippen LogP contribution in [0.3, 0.4) is 0 Å². The lowest BCUT2D eigenvalue weighted by Crippen LogP contribution is -2.50. The van der Waals surface area contributed by atoms with Crippen molar-refractivity contribution in [2.45, 2.75) is 58.5 Å². The van der Waals surface area contributed by atoms with E-state index in [-0.39, 0.29) is 17.5 Å². The number of hydrogen-bond acceptors (Lipinski definition) is 4. The fraction of sp³-hybridized carbons (Fsp3) is 0.343. The number of amides is 1. The predicted molar refractivity (Wildman–Crippen MR) is 158 cm³/mol. The van der Waals surface area contributed by atoms with Gasteiger partial charge in [0.05, 0.1) is 18.0 Å². The zero-order chi connectivity index (χ0) is 28.4. The molecule has 3 aliphatic heterocycles. The normalized spacial score (nSPS) is 24.6. The number of anilines is 1. The fourth-order valence-electron chi connectivity index (χ4n) is 7.07. The second-order valence-electron chi connectivity index (χ2n) is 12.9. The van der Waals surface area contributed by atoms with Crippen LogP contribution in [-0.4, -0.2) is 28.4 Å². The largest absolute Gasteiger partial charge is 0.358 e. The van der Waals surface area contributed by atoms with Gasteiger partial charge in [0.25, 0.3) is 0 Å². The molecule has 5 nitrogen and oxygen atoms in total. The lowest BCUT2D eigenvalue weighted by molar-refractivity contribution is -0.131. The summed E-state index contributed by atoms with van der Waals surface area (Å²) in [4.78, 5) is 45.6. The first-order valence-corrected chi connectivity index (χ1v) is 14.2. The van der Waals surface area contributed by atoms with Crippen LogP contribution in [0.5, 0.6) is 0 Å². The van der Waals surface area contributed by atoms with E-state index in [1.807, 2.05) is 111 Å². The third-order valence-corrected chi connectivity index (χ3v) is 8.74. The van der Waals surface area contributed by atoms with Gasteiger partial charge in [0.2, 0.25) is 5.91 Å². The van der Waals surface area contributed by atoms with Crippen molar-refractivity contribution in [1.29, 1.82) is 0 Å². The highest BCUT2D eigenvalue weighted by atomic mass is 16.2. The summed E-state index contributed by atoms with van der Waals surface area (Å²) < 4.78 is 0. The van der Waals surface area contributed by atoms with Crippen LogP contribution in [0.2, 0.25) is 0 Å². The molecule has 0 aromatic heterocycles. The Morgan fingerprint density at radius 3 is 2.33 bits per heavy atom. The number of para-hydroxylation sites is 1. The number of rotatable bonds is 5. The van der Waals surface area contributed by atoms with Gasteiger partial charge in [-0.3, -0.25) is 14.4 Å². The molecule has 204 valence electrons. The van der Waals surface area contributed by atoms with Crippen LogP contribution in [0.1, 0.15) is 73.3 Å². The number of carbonyl (C=O) groups excluding carboxylic acids is 3. The Morgan fingerprint density at radius 1 is 0.950 bits per heavy atom. The summed E-state index contributed by atoms with van der Waals surface area (Å²) in [5.74, 6) is -0.876. The minimum Gasteiger partial charge on any atom is -0.358 e. The van der Waals surface area contributed by atoms with Gasteiger partial charge < -0.3 is 10.2 Å². The summed E-state index contributed by atoms with van der Waals surface area (Å²) >= 11 is 0. The molecule has 40 heavy (non-hydrogen) atoms. The number of benzene rings is 3. The van der Waals surface area contributed by atoms with E-state index in [9.17, 15) is 14.4 Å². The van der Waals surface area contributed by atoms with Crippen LogP contribution >= 0.6 is 0 Å². The van der Waals surface area contributed by atoms with E-state index < -0.39 is 28.8 Å². The Labute approximate surface area is 236 Å². The summed E-state index contributed by atoms with van der Waals surface area (Å²) in [6.45, 7) is 10.0. The lowest BCUT2D eigenvalue weighted by atomic mass is 9.62. The molecule has 0 radical (unpaired) electrons. The standard InChI is InChI=1S/C35H36N2O3/c1-21(2)20-22-14-16-24(17-15-22)30(38)28-29(32(39)34(3,4)5)37-19-18-23-10-6-7-11-25(23)31(37)35(28)26-12-8-9-13-27(26)36-33(35)40/h6-19,21,28-29,31H,20H2,1-5H3,(H,36,40). The maximum atomic E-state index is 14.8. The maximum absolute atomic E-state index is 14.8. The molecule has 0 aliphatic carbocycles. The molecular weight excluding hydrogens is 496 g/mol. The Bertz CT molecular complexity index is 1550. The van der Waals surface area contributed by atoms with Crippen molar-refractivity contribution in [3.05, 3.63) is 107 Å². The van der Waals surface area contributed by atoms with Gasteiger partial charge in [-0.1, -0.05) is 101 Å². The van der Waals surface area contributed by atoms with Crippen LogP contribution in [-0.2, 0) is 21.4 Å². The summed E-state index contributed by atoms with van der Waals surface area (Å²) in [6.07, 6.45) is 4.84. The van der Waals surface area contributed by atoms with Gasteiger partial charge in [-0.2, -0.15) is 0 Å². The molecule has 5 heteroatoms. The van der Waals surface area contributed by atoms with Crippen LogP contribution in [0.15, 0.2) is 79.0 Å². The summed E-state index contributed by atoms with van der Waals surface area (Å²) in [5, 5.41) is 3.11. The van der Waals surface area contributed by atoms with Crippen LogP contribution < -0.4 is 5.32 Å². The molecule has 1 N–H and O–H groups in total. The zero-order valence-electron chi connectivity index (χ0n) is 23.8. The van der Waals surface area contributed by atoms with Crippen molar-refractivity contribution in [1.82, 2.24) is 4.90 Å². The molecule has 1 saturated heterocycles. The molecule has 1 spiro atoms. The molecule has 1 fully saturated rings. The van der Waals surface area contributed by atoms with E-state index in [4.69, 9.17) is 0 Å². The second-order valence-corrected chi connectivity index (χ2v) is 12.9. The molecule has 4 atom stereocenters. The number of nitrogens with one attached hydrogen (secondary N) is 1. The van der Waals surface area contributed by atoms with E-state index in [1.165, 1.54) is 0 Å². The summed E-state index contributed by atoms with van der Waals surface area (Å²) in [7, 11) is 0. The Balaban J connectivity index is 1.62. The minimum absolute atomic E-state index is 0.0506. The van der Waals surface area contributed by atoms with Gasteiger partial charge in [0, 0.05) is 22.9 Å². The van der Waals surface area contributed by atoms with Crippen molar-refractivity contribution < 1.29 is 14.4 Å². The number of ketones is 2. The second kappa shape index (κ2) is 9.29. The number of carbonyl (C=O) groups is 3. The molecular formula is C35H36N2O3. The van der Waals surface area contributed by atoms with Gasteiger partial charge in [-0.05, 0) is 46.7 Å².